The average molecular weight is 305 g/mol. The second-order valence-electron chi connectivity index (χ2n) is 4.20. The van der Waals surface area contributed by atoms with E-state index in [-0.39, 0.29) is 6.54 Å². The number of aromatic nitrogens is 2. The lowest BCUT2D eigenvalue weighted by atomic mass is 10.5. The number of nitrogens with one attached hydrogen (secondary N) is 1. The van der Waals surface area contributed by atoms with Gasteiger partial charge in [-0.15, -0.1) is 0 Å². The first-order chi connectivity index (χ1) is 9.31. The molecule has 0 aliphatic rings. The lowest BCUT2D eigenvalue weighted by Gasteiger charge is -2.09. The Labute approximate surface area is 117 Å². The van der Waals surface area contributed by atoms with Gasteiger partial charge in [0.2, 0.25) is 10.0 Å². The lowest BCUT2D eigenvalue weighted by molar-refractivity contribution is 0.146. The first-order valence-electron chi connectivity index (χ1n) is 6.15. The van der Waals surface area contributed by atoms with E-state index in [1.807, 2.05) is 6.92 Å². The SMILES string of the molecule is CCOCCCNS(=O)(=O)c1cn(C)c(=O)n(C)c1=O. The van der Waals surface area contributed by atoms with Crippen LogP contribution in [0.3, 0.4) is 0 Å². The van der Waals surface area contributed by atoms with Crippen LogP contribution in [-0.2, 0) is 28.9 Å². The first-order valence-corrected chi connectivity index (χ1v) is 7.63. The molecule has 8 nitrogen and oxygen atoms in total. The zero-order valence-electron chi connectivity index (χ0n) is 11.7. The summed E-state index contributed by atoms with van der Waals surface area (Å²) in [5.41, 5.74) is -1.42. The molecule has 1 heterocycles. The van der Waals surface area contributed by atoms with Gasteiger partial charge in [-0.05, 0) is 13.3 Å². The summed E-state index contributed by atoms with van der Waals surface area (Å²) in [5, 5.41) is 0. The van der Waals surface area contributed by atoms with Crippen LogP contribution in [-0.4, -0.2) is 37.3 Å². The second kappa shape index (κ2) is 6.82. The van der Waals surface area contributed by atoms with Crippen LogP contribution >= 0.6 is 0 Å². The average Bonchev–Trinajstić information content (AvgIpc) is 2.40. The highest BCUT2D eigenvalue weighted by Crippen LogP contribution is 1.99. The molecular formula is C11H19N3O5S. The number of sulfonamides is 1. The molecule has 0 aliphatic carbocycles. The molecule has 0 bridgehead atoms. The molecule has 0 fully saturated rings. The van der Waals surface area contributed by atoms with Gasteiger partial charge in [0.05, 0.1) is 0 Å². The van der Waals surface area contributed by atoms with E-state index in [1.165, 1.54) is 14.1 Å². The third-order valence-corrected chi connectivity index (χ3v) is 4.11. The third-order valence-electron chi connectivity index (χ3n) is 2.67. The van der Waals surface area contributed by atoms with Crippen molar-refractivity contribution in [1.82, 2.24) is 13.9 Å². The molecule has 0 aromatic carbocycles. The molecular weight excluding hydrogens is 286 g/mol. The molecule has 0 unspecified atom stereocenters. The standard InChI is InChI=1S/C11H19N3O5S/c1-4-19-7-5-6-12-20(17,18)9-8-13(2)11(16)14(3)10(9)15/h8,12H,4-7H2,1-3H3. The van der Waals surface area contributed by atoms with Gasteiger partial charge in [0.25, 0.3) is 5.56 Å². The lowest BCUT2D eigenvalue weighted by Crippen LogP contribution is -2.41. The summed E-state index contributed by atoms with van der Waals surface area (Å²) in [4.78, 5) is 22.9. The quantitative estimate of drug-likeness (QED) is 0.637. The molecule has 0 spiro atoms. The van der Waals surface area contributed by atoms with Gasteiger partial charge in [-0.25, -0.2) is 17.9 Å². The van der Waals surface area contributed by atoms with E-state index in [0.29, 0.717) is 19.6 Å². The van der Waals surface area contributed by atoms with Gasteiger partial charge in [-0.2, -0.15) is 0 Å². The van der Waals surface area contributed by atoms with Crippen molar-refractivity contribution in [3.63, 3.8) is 0 Å². The van der Waals surface area contributed by atoms with Gasteiger partial charge in [0.1, 0.15) is 0 Å². The van der Waals surface area contributed by atoms with Crippen LogP contribution < -0.4 is 16.0 Å². The molecule has 114 valence electrons. The zero-order chi connectivity index (χ0) is 15.3. The molecule has 0 saturated carbocycles. The zero-order valence-corrected chi connectivity index (χ0v) is 12.6. The third kappa shape index (κ3) is 3.78. The topological polar surface area (TPSA) is 99.4 Å². The maximum absolute atomic E-state index is 12.0. The van der Waals surface area contributed by atoms with E-state index < -0.39 is 26.2 Å². The second-order valence-corrected chi connectivity index (χ2v) is 5.93. The van der Waals surface area contributed by atoms with Crippen molar-refractivity contribution in [2.75, 3.05) is 19.8 Å². The number of hydrogen-bond acceptors (Lipinski definition) is 5. The molecule has 0 atom stereocenters. The Morgan fingerprint density at radius 1 is 1.30 bits per heavy atom. The Kier molecular flexibility index (Phi) is 5.66. The van der Waals surface area contributed by atoms with Gasteiger partial charge < -0.3 is 9.30 Å². The summed E-state index contributed by atoms with van der Waals surface area (Å²) in [6.45, 7) is 3.01. The fourth-order valence-electron chi connectivity index (χ4n) is 1.56. The molecule has 1 rings (SSSR count). The van der Waals surface area contributed by atoms with E-state index in [4.69, 9.17) is 4.74 Å². The van der Waals surface area contributed by atoms with Crippen molar-refractivity contribution in [3.05, 3.63) is 27.0 Å². The van der Waals surface area contributed by atoms with E-state index in [9.17, 15) is 18.0 Å². The number of ether oxygens (including phenoxy) is 1. The molecule has 1 aromatic rings. The predicted octanol–water partition coefficient (Wildman–Crippen LogP) is -1.21. The van der Waals surface area contributed by atoms with Crippen molar-refractivity contribution in [2.24, 2.45) is 14.1 Å². The number of nitrogens with zero attached hydrogens (tertiary/aromatic N) is 2. The molecule has 9 heteroatoms. The summed E-state index contributed by atoms with van der Waals surface area (Å²) >= 11 is 0. The fraction of sp³-hybridized carbons (Fsp3) is 0.636. The Hall–Kier alpha value is -1.45. The highest BCUT2D eigenvalue weighted by atomic mass is 32.2. The summed E-state index contributed by atoms with van der Waals surface area (Å²) in [7, 11) is -1.32. The minimum Gasteiger partial charge on any atom is -0.382 e. The maximum atomic E-state index is 12.0. The highest BCUT2D eigenvalue weighted by molar-refractivity contribution is 7.89. The van der Waals surface area contributed by atoms with Crippen LogP contribution in [0.25, 0.3) is 0 Å². The van der Waals surface area contributed by atoms with Gasteiger partial charge in [0, 0.05) is 40.1 Å². The minimum absolute atomic E-state index is 0.161. The van der Waals surface area contributed by atoms with Crippen LogP contribution in [0.1, 0.15) is 13.3 Å². The molecule has 0 saturated heterocycles. The van der Waals surface area contributed by atoms with Crippen molar-refractivity contribution in [1.29, 1.82) is 0 Å². The Morgan fingerprint density at radius 3 is 2.55 bits per heavy atom. The summed E-state index contributed by atoms with van der Waals surface area (Å²) < 4.78 is 33.3. The summed E-state index contributed by atoms with van der Waals surface area (Å²) in [6, 6.07) is 0. The largest absolute Gasteiger partial charge is 0.382 e. The van der Waals surface area contributed by atoms with Crippen molar-refractivity contribution >= 4 is 10.0 Å². The molecule has 1 aromatic heterocycles. The highest BCUT2D eigenvalue weighted by Gasteiger charge is 2.20. The Bertz CT molecular complexity index is 674. The van der Waals surface area contributed by atoms with Crippen molar-refractivity contribution in [2.45, 2.75) is 18.2 Å². The smallest absolute Gasteiger partial charge is 0.330 e. The first kappa shape index (κ1) is 16.6. The minimum atomic E-state index is -3.94. The predicted molar refractivity (Wildman–Crippen MR) is 73.2 cm³/mol. The van der Waals surface area contributed by atoms with Crippen LogP contribution in [0.5, 0.6) is 0 Å². The molecule has 1 N–H and O–H groups in total. The fourth-order valence-corrected chi connectivity index (χ4v) is 2.79. The summed E-state index contributed by atoms with van der Waals surface area (Å²) in [5.74, 6) is 0. The van der Waals surface area contributed by atoms with Gasteiger partial charge >= 0.3 is 5.69 Å². The van der Waals surface area contributed by atoms with Crippen LogP contribution in [0, 0.1) is 0 Å². The van der Waals surface area contributed by atoms with Crippen LogP contribution in [0.2, 0.25) is 0 Å². The molecule has 0 aliphatic heterocycles. The van der Waals surface area contributed by atoms with Crippen molar-refractivity contribution in [3.8, 4) is 0 Å². The Balaban J connectivity index is 2.94. The van der Waals surface area contributed by atoms with E-state index in [1.54, 1.807) is 0 Å². The van der Waals surface area contributed by atoms with E-state index >= 15 is 0 Å². The molecule has 0 amide bonds. The number of hydrogen-bond donors (Lipinski definition) is 1. The Morgan fingerprint density at radius 2 is 1.95 bits per heavy atom. The van der Waals surface area contributed by atoms with Gasteiger partial charge in [0.15, 0.2) is 4.90 Å². The summed E-state index contributed by atoms with van der Waals surface area (Å²) in [6.07, 6.45) is 1.52. The molecule has 20 heavy (non-hydrogen) atoms. The van der Waals surface area contributed by atoms with Crippen LogP contribution in [0.15, 0.2) is 20.7 Å². The maximum Gasteiger partial charge on any atom is 0.330 e. The monoisotopic (exact) mass is 305 g/mol. The van der Waals surface area contributed by atoms with Gasteiger partial charge in [-0.3, -0.25) is 9.36 Å². The molecule has 0 radical (unpaired) electrons. The van der Waals surface area contributed by atoms with Crippen molar-refractivity contribution < 1.29 is 13.2 Å². The van der Waals surface area contributed by atoms with E-state index in [0.717, 1.165) is 15.3 Å². The normalized spacial score (nSPS) is 11.8. The number of rotatable bonds is 7. The van der Waals surface area contributed by atoms with E-state index in [2.05, 4.69) is 4.72 Å². The number of aryl methyl sites for hydroxylation is 1. The van der Waals surface area contributed by atoms with Gasteiger partial charge in [-0.1, -0.05) is 0 Å². The van der Waals surface area contributed by atoms with Crippen LogP contribution in [0.4, 0.5) is 0 Å².